The molecule has 0 aromatic heterocycles. The number of primary amides is 1. The van der Waals surface area contributed by atoms with E-state index in [1.807, 2.05) is 10.6 Å². The summed E-state index contributed by atoms with van der Waals surface area (Å²) < 4.78 is 71.0. The monoisotopic (exact) mass is 566 g/mol. The van der Waals surface area contributed by atoms with E-state index in [0.29, 0.717) is 18.4 Å². The number of alkyl halides is 5. The molecule has 0 bridgehead atoms. The Kier molecular flexibility index (Phi) is 7.94. The summed E-state index contributed by atoms with van der Waals surface area (Å²) in [4.78, 5) is 36.4. The van der Waals surface area contributed by atoms with Gasteiger partial charge in [-0.25, -0.2) is 22.0 Å². The quantitative estimate of drug-likeness (QED) is 0.312. The van der Waals surface area contributed by atoms with Crippen LogP contribution >= 0.6 is 0 Å². The van der Waals surface area contributed by atoms with Crippen LogP contribution < -0.4 is 21.7 Å². The molecule has 1 aliphatic heterocycles. The van der Waals surface area contributed by atoms with Gasteiger partial charge in [0.15, 0.2) is 6.04 Å². The summed E-state index contributed by atoms with van der Waals surface area (Å²) in [6.07, 6.45) is -2.28. The molecule has 1 aliphatic carbocycles. The van der Waals surface area contributed by atoms with E-state index >= 15 is 0 Å². The third-order valence-corrected chi connectivity index (χ3v) is 7.37. The van der Waals surface area contributed by atoms with Crippen LogP contribution in [0.3, 0.4) is 0 Å². The largest absolute Gasteiger partial charge is 0.369 e. The molecule has 0 spiro atoms. The van der Waals surface area contributed by atoms with Gasteiger partial charge in [0.25, 0.3) is 12.3 Å². The second-order valence-corrected chi connectivity index (χ2v) is 11.0. The van der Waals surface area contributed by atoms with Crippen LogP contribution in [0.2, 0.25) is 0 Å². The molecule has 1 saturated heterocycles. The number of carbonyl (C=O) groups is 3. The summed E-state index contributed by atoms with van der Waals surface area (Å²) in [6, 6.07) is 7.68. The third kappa shape index (κ3) is 6.27. The van der Waals surface area contributed by atoms with Crippen molar-refractivity contribution in [3.63, 3.8) is 0 Å². The molecule has 40 heavy (non-hydrogen) atoms. The summed E-state index contributed by atoms with van der Waals surface area (Å²) in [5.74, 6) is -6.28. The van der Waals surface area contributed by atoms with Gasteiger partial charge in [-0.15, -0.1) is 0 Å². The summed E-state index contributed by atoms with van der Waals surface area (Å²) >= 11 is 0. The van der Waals surface area contributed by atoms with Crippen LogP contribution in [0.5, 0.6) is 0 Å². The minimum atomic E-state index is -3.59. The van der Waals surface area contributed by atoms with E-state index in [9.17, 15) is 36.3 Å². The first-order valence-corrected chi connectivity index (χ1v) is 12.8. The van der Waals surface area contributed by atoms with Gasteiger partial charge in [-0.2, -0.15) is 0 Å². The van der Waals surface area contributed by atoms with Crippen LogP contribution in [0, 0.1) is 0 Å². The molecule has 3 atom stereocenters. The minimum absolute atomic E-state index is 0.0828. The first-order valence-electron chi connectivity index (χ1n) is 12.8. The minimum Gasteiger partial charge on any atom is -0.369 e. The van der Waals surface area contributed by atoms with Crippen molar-refractivity contribution in [2.24, 2.45) is 5.73 Å². The van der Waals surface area contributed by atoms with Gasteiger partial charge in [0.1, 0.15) is 5.67 Å². The first-order chi connectivity index (χ1) is 18.6. The van der Waals surface area contributed by atoms with Gasteiger partial charge in [0, 0.05) is 6.42 Å². The predicted molar refractivity (Wildman–Crippen MR) is 137 cm³/mol. The fourth-order valence-electron chi connectivity index (χ4n) is 4.93. The number of nitrogens with two attached hydrogens (primary N) is 1. The molecule has 12 heteroatoms. The maximum Gasteiger partial charge on any atom is 0.293 e. The molecule has 2 aliphatic rings. The molecule has 3 amide bonds. The lowest BCUT2D eigenvalue weighted by Crippen LogP contribution is -2.56. The fourth-order valence-corrected chi connectivity index (χ4v) is 4.93. The number of halogens is 5. The van der Waals surface area contributed by atoms with Gasteiger partial charge in [-0.3, -0.25) is 19.7 Å². The lowest BCUT2D eigenvalue weighted by molar-refractivity contribution is -0.134. The van der Waals surface area contributed by atoms with Crippen molar-refractivity contribution < 1.29 is 36.3 Å². The van der Waals surface area contributed by atoms with E-state index < -0.39 is 66.3 Å². The van der Waals surface area contributed by atoms with Gasteiger partial charge in [0.2, 0.25) is 17.7 Å². The summed E-state index contributed by atoms with van der Waals surface area (Å²) in [7, 11) is 0. The molecule has 7 nitrogen and oxygen atoms in total. The Labute approximate surface area is 228 Å². The highest BCUT2D eigenvalue weighted by Crippen LogP contribution is 2.48. The summed E-state index contributed by atoms with van der Waals surface area (Å²) in [5, 5.41) is 6.25. The Morgan fingerprint density at radius 1 is 1.05 bits per heavy atom. The number of rotatable bonds is 11. The maximum atomic E-state index is 14.5. The molecule has 1 saturated carbocycles. The van der Waals surface area contributed by atoms with Crippen molar-refractivity contribution in [3.05, 3.63) is 59.7 Å². The number of amides is 3. The fraction of sp³-hybridized carbons (Fsp3) is 0.464. The Bertz CT molecular complexity index is 1260. The Morgan fingerprint density at radius 3 is 2.02 bits per heavy atom. The van der Waals surface area contributed by atoms with E-state index in [2.05, 4.69) is 5.32 Å². The Hall–Kier alpha value is -3.54. The molecule has 4 rings (SSSR count). The van der Waals surface area contributed by atoms with Gasteiger partial charge in [-0.05, 0) is 48.9 Å². The van der Waals surface area contributed by atoms with E-state index in [0.717, 1.165) is 25.0 Å². The first kappa shape index (κ1) is 29.4. The molecule has 1 heterocycles. The van der Waals surface area contributed by atoms with E-state index in [1.165, 1.54) is 12.1 Å². The van der Waals surface area contributed by atoms with Gasteiger partial charge < -0.3 is 16.4 Å². The van der Waals surface area contributed by atoms with Crippen LogP contribution in [-0.2, 0) is 19.8 Å². The normalized spacial score (nSPS) is 21.0. The molecule has 5 N–H and O–H groups in total. The highest BCUT2D eigenvalue weighted by atomic mass is 19.3. The lowest BCUT2D eigenvalue weighted by atomic mass is 9.92. The number of hydrogen-bond donors (Lipinski definition) is 4. The van der Waals surface area contributed by atoms with Crippen molar-refractivity contribution >= 4 is 17.7 Å². The Morgan fingerprint density at radius 2 is 1.60 bits per heavy atom. The zero-order chi connectivity index (χ0) is 29.5. The smallest absolute Gasteiger partial charge is 0.293 e. The second kappa shape index (κ2) is 10.8. The number of hydrogen-bond acceptors (Lipinski definition) is 4. The molecule has 2 fully saturated rings. The molecule has 2 aromatic carbocycles. The standard InChI is InChI=1S/C28H31F5N4O3/c1-26(2,31)13-19(23(38)37-21-24(39)35-14-28(21,32)33)36-20(22(29)30)17-5-3-15(4-6-17)16-7-9-18(10-8-16)27(11-12-27)25(34)40/h3-10,19-22,36H,11-14H2,1-2H3,(H2,34,40)(H,35,39)(H,37,38)/t19-,20-,21+/m0/s1. The third-order valence-electron chi connectivity index (χ3n) is 7.37. The van der Waals surface area contributed by atoms with Crippen LogP contribution in [0.1, 0.15) is 50.3 Å². The molecule has 0 radical (unpaired) electrons. The lowest BCUT2D eigenvalue weighted by Gasteiger charge is -2.29. The van der Waals surface area contributed by atoms with Crippen LogP contribution in [0.15, 0.2) is 48.5 Å². The van der Waals surface area contributed by atoms with E-state index in [-0.39, 0.29) is 11.5 Å². The van der Waals surface area contributed by atoms with Crippen LogP contribution in [-0.4, -0.2) is 54.4 Å². The highest BCUT2D eigenvalue weighted by Gasteiger charge is 2.52. The number of benzene rings is 2. The summed E-state index contributed by atoms with van der Waals surface area (Å²) in [6.45, 7) is 1.26. The molecule has 0 unspecified atom stereocenters. The van der Waals surface area contributed by atoms with Gasteiger partial charge in [0.05, 0.1) is 24.0 Å². The number of carbonyl (C=O) groups excluding carboxylic acids is 3. The SMILES string of the molecule is CC(C)(F)C[C@H](N[C@@H](c1ccc(-c2ccc(C3(C(N)=O)CC3)cc2)cc1)C(F)F)C(=O)N[C@@H]1C(=O)NCC1(F)F. The number of nitrogens with one attached hydrogen (secondary N) is 3. The molecular weight excluding hydrogens is 535 g/mol. The molecule has 216 valence electrons. The van der Waals surface area contributed by atoms with Crippen molar-refractivity contribution in [2.75, 3.05) is 6.54 Å². The molecule has 2 aromatic rings. The zero-order valence-corrected chi connectivity index (χ0v) is 21.9. The van der Waals surface area contributed by atoms with E-state index in [1.54, 1.807) is 36.4 Å². The molecular formula is C28H31F5N4O3. The average Bonchev–Trinajstić information content (AvgIpc) is 3.65. The summed E-state index contributed by atoms with van der Waals surface area (Å²) in [5.41, 5.74) is 5.23. The van der Waals surface area contributed by atoms with Crippen molar-refractivity contribution in [3.8, 4) is 11.1 Å². The van der Waals surface area contributed by atoms with Crippen molar-refractivity contribution in [1.29, 1.82) is 0 Å². The topological polar surface area (TPSA) is 113 Å². The van der Waals surface area contributed by atoms with E-state index in [4.69, 9.17) is 5.73 Å². The van der Waals surface area contributed by atoms with Gasteiger partial charge >= 0.3 is 0 Å². The maximum absolute atomic E-state index is 14.5. The van der Waals surface area contributed by atoms with Crippen LogP contribution in [0.4, 0.5) is 22.0 Å². The predicted octanol–water partition coefficient (Wildman–Crippen LogP) is 3.52. The van der Waals surface area contributed by atoms with Crippen LogP contribution in [0.25, 0.3) is 11.1 Å². The highest BCUT2D eigenvalue weighted by molar-refractivity contribution is 5.92. The average molecular weight is 567 g/mol. The zero-order valence-electron chi connectivity index (χ0n) is 21.9. The van der Waals surface area contributed by atoms with Gasteiger partial charge in [-0.1, -0.05) is 48.5 Å². The van der Waals surface area contributed by atoms with Crippen molar-refractivity contribution in [2.45, 2.75) is 74.7 Å². The second-order valence-electron chi connectivity index (χ2n) is 11.0. The Balaban J connectivity index is 1.52. The van der Waals surface area contributed by atoms with Crippen molar-refractivity contribution in [1.82, 2.24) is 16.0 Å².